The van der Waals surface area contributed by atoms with Crippen LogP contribution in [0.5, 0.6) is 0 Å². The summed E-state index contributed by atoms with van der Waals surface area (Å²) < 4.78 is 22.4. The monoisotopic (exact) mass is 148 g/mol. The highest BCUT2D eigenvalue weighted by Crippen LogP contribution is 2.26. The number of alkyl halides is 1. The van der Waals surface area contributed by atoms with Gasteiger partial charge in [0.1, 0.15) is 0 Å². The molecule has 0 aliphatic carbocycles. The summed E-state index contributed by atoms with van der Waals surface area (Å²) >= 11 is 0. The normalized spacial score (nSPS) is 40.5. The fourth-order valence-electron chi connectivity index (χ4n) is 1.19. The van der Waals surface area contributed by atoms with Crippen LogP contribution in [0.4, 0.5) is 4.39 Å². The summed E-state index contributed by atoms with van der Waals surface area (Å²) in [6.07, 6.45) is -0.343. The van der Waals surface area contributed by atoms with Crippen LogP contribution in [0, 0.1) is 5.92 Å². The Morgan fingerprint density at radius 1 is 1.70 bits per heavy atom. The third kappa shape index (κ3) is 1.67. The van der Waals surface area contributed by atoms with Crippen LogP contribution in [0.2, 0.25) is 0 Å². The van der Waals surface area contributed by atoms with Gasteiger partial charge in [-0.3, -0.25) is 0 Å². The first kappa shape index (κ1) is 7.95. The van der Waals surface area contributed by atoms with Crippen LogP contribution in [-0.4, -0.2) is 26.2 Å². The number of hydrogen-bond acceptors (Lipinski definition) is 2. The van der Waals surface area contributed by atoms with Gasteiger partial charge in [-0.05, 0) is 6.42 Å². The first-order chi connectivity index (χ1) is 4.74. The summed E-state index contributed by atoms with van der Waals surface area (Å²) in [7, 11) is 1.60. The van der Waals surface area contributed by atoms with Crippen LogP contribution in [-0.2, 0) is 9.47 Å². The smallest absolute Gasteiger partial charge is 0.201 e. The van der Waals surface area contributed by atoms with Crippen LogP contribution >= 0.6 is 0 Å². The van der Waals surface area contributed by atoms with Crippen LogP contribution in [0.3, 0.4) is 0 Å². The van der Waals surface area contributed by atoms with Gasteiger partial charge in [0, 0.05) is 13.0 Å². The van der Waals surface area contributed by atoms with E-state index >= 15 is 0 Å². The molecule has 1 saturated heterocycles. The highest BCUT2D eigenvalue weighted by atomic mass is 19.1. The van der Waals surface area contributed by atoms with Gasteiger partial charge in [0.15, 0.2) is 0 Å². The average Bonchev–Trinajstić information content (AvgIpc) is 2.14. The molecule has 0 spiro atoms. The lowest BCUT2D eigenvalue weighted by molar-refractivity contribution is -0.0675. The van der Waals surface area contributed by atoms with Gasteiger partial charge in [0.25, 0.3) is 0 Å². The summed E-state index contributed by atoms with van der Waals surface area (Å²) in [6.45, 7) is 2.35. The lowest BCUT2D eigenvalue weighted by atomic mass is 10.1. The molecular formula is C7H13FO2. The molecule has 10 heavy (non-hydrogen) atoms. The van der Waals surface area contributed by atoms with Gasteiger partial charge in [-0.25, -0.2) is 4.39 Å². The van der Waals surface area contributed by atoms with Crippen molar-refractivity contribution in [2.24, 2.45) is 5.92 Å². The standard InChI is InChI=1S/C7H13FO2/c1-5-3-6(4-9-2)10-7(5)8/h5-7H,3-4H2,1-2H3. The second-order valence-electron chi connectivity index (χ2n) is 2.78. The minimum absolute atomic E-state index is 0.0279. The second kappa shape index (κ2) is 3.30. The largest absolute Gasteiger partial charge is 0.382 e. The summed E-state index contributed by atoms with van der Waals surface area (Å²) in [5.74, 6) is 0.0279. The molecule has 0 aromatic carbocycles. The molecule has 2 nitrogen and oxygen atoms in total. The van der Waals surface area contributed by atoms with Crippen LogP contribution in [0.15, 0.2) is 0 Å². The minimum Gasteiger partial charge on any atom is -0.382 e. The summed E-state index contributed by atoms with van der Waals surface area (Å²) in [4.78, 5) is 0. The number of halogens is 1. The van der Waals surface area contributed by atoms with Crippen molar-refractivity contribution in [3.63, 3.8) is 0 Å². The molecule has 0 saturated carbocycles. The maximum atomic E-state index is 12.6. The Hall–Kier alpha value is -0.150. The van der Waals surface area contributed by atoms with Gasteiger partial charge in [-0.2, -0.15) is 0 Å². The van der Waals surface area contributed by atoms with E-state index in [4.69, 9.17) is 9.47 Å². The zero-order chi connectivity index (χ0) is 7.56. The molecule has 1 aliphatic rings. The molecule has 0 aromatic heterocycles. The van der Waals surface area contributed by atoms with E-state index in [-0.39, 0.29) is 12.0 Å². The molecule has 1 rings (SSSR count). The Bertz CT molecular complexity index is 97.8. The van der Waals surface area contributed by atoms with Crippen LogP contribution < -0.4 is 0 Å². The van der Waals surface area contributed by atoms with E-state index in [1.54, 1.807) is 7.11 Å². The van der Waals surface area contributed by atoms with E-state index in [9.17, 15) is 4.39 Å². The van der Waals surface area contributed by atoms with Gasteiger partial charge >= 0.3 is 0 Å². The number of ether oxygens (including phenoxy) is 2. The van der Waals surface area contributed by atoms with Gasteiger partial charge < -0.3 is 9.47 Å². The van der Waals surface area contributed by atoms with Crippen LogP contribution in [0.25, 0.3) is 0 Å². The highest BCUT2D eigenvalue weighted by Gasteiger charge is 2.31. The third-order valence-corrected chi connectivity index (χ3v) is 1.76. The number of rotatable bonds is 2. The molecule has 0 bridgehead atoms. The Morgan fingerprint density at radius 2 is 2.40 bits per heavy atom. The van der Waals surface area contributed by atoms with Gasteiger partial charge in [-0.1, -0.05) is 6.92 Å². The number of hydrogen-bond donors (Lipinski definition) is 0. The lowest BCUT2D eigenvalue weighted by Crippen LogP contribution is -2.13. The Labute approximate surface area is 60.3 Å². The van der Waals surface area contributed by atoms with E-state index in [1.807, 2.05) is 6.92 Å². The fourth-order valence-corrected chi connectivity index (χ4v) is 1.19. The Kier molecular flexibility index (Phi) is 2.63. The second-order valence-corrected chi connectivity index (χ2v) is 2.78. The molecule has 3 unspecified atom stereocenters. The summed E-state index contributed by atoms with van der Waals surface area (Å²) in [5.41, 5.74) is 0. The molecule has 60 valence electrons. The topological polar surface area (TPSA) is 18.5 Å². The van der Waals surface area contributed by atoms with Crippen LogP contribution in [0.1, 0.15) is 13.3 Å². The van der Waals surface area contributed by atoms with Gasteiger partial charge in [0.2, 0.25) is 6.36 Å². The van der Waals surface area contributed by atoms with Crippen molar-refractivity contribution in [2.75, 3.05) is 13.7 Å². The highest BCUT2D eigenvalue weighted by molar-refractivity contribution is 4.72. The first-order valence-corrected chi connectivity index (χ1v) is 3.52. The Morgan fingerprint density at radius 3 is 2.80 bits per heavy atom. The van der Waals surface area contributed by atoms with Crippen molar-refractivity contribution in [1.82, 2.24) is 0 Å². The minimum atomic E-state index is -1.08. The maximum Gasteiger partial charge on any atom is 0.201 e. The predicted molar refractivity (Wildman–Crippen MR) is 35.4 cm³/mol. The summed E-state index contributed by atoms with van der Waals surface area (Å²) in [5, 5.41) is 0. The van der Waals surface area contributed by atoms with Gasteiger partial charge in [0.05, 0.1) is 12.7 Å². The molecule has 1 fully saturated rings. The zero-order valence-electron chi connectivity index (χ0n) is 6.34. The van der Waals surface area contributed by atoms with Crippen molar-refractivity contribution >= 4 is 0 Å². The molecule has 3 heteroatoms. The average molecular weight is 148 g/mol. The fraction of sp³-hybridized carbons (Fsp3) is 1.00. The van der Waals surface area contributed by atoms with Gasteiger partial charge in [-0.15, -0.1) is 0 Å². The van der Waals surface area contributed by atoms with Crippen molar-refractivity contribution in [1.29, 1.82) is 0 Å². The quantitative estimate of drug-likeness (QED) is 0.588. The first-order valence-electron chi connectivity index (χ1n) is 3.52. The van der Waals surface area contributed by atoms with E-state index in [0.29, 0.717) is 6.61 Å². The van der Waals surface area contributed by atoms with E-state index in [2.05, 4.69) is 0 Å². The van der Waals surface area contributed by atoms with Crippen molar-refractivity contribution in [2.45, 2.75) is 25.8 Å². The molecule has 0 aromatic rings. The molecule has 3 atom stereocenters. The lowest BCUT2D eigenvalue weighted by Gasteiger charge is -2.06. The van der Waals surface area contributed by atoms with Crippen molar-refractivity contribution in [3.8, 4) is 0 Å². The molecule has 0 N–H and O–H groups in total. The predicted octanol–water partition coefficient (Wildman–Crippen LogP) is 1.35. The van der Waals surface area contributed by atoms with Crippen molar-refractivity contribution < 1.29 is 13.9 Å². The zero-order valence-corrected chi connectivity index (χ0v) is 6.34. The molecule has 1 aliphatic heterocycles. The molecule has 0 amide bonds. The van der Waals surface area contributed by atoms with E-state index in [1.165, 1.54) is 0 Å². The van der Waals surface area contributed by atoms with Crippen molar-refractivity contribution in [3.05, 3.63) is 0 Å². The molecule has 0 radical (unpaired) electrons. The molecular weight excluding hydrogens is 135 g/mol. The third-order valence-electron chi connectivity index (χ3n) is 1.76. The molecule has 1 heterocycles. The summed E-state index contributed by atoms with van der Waals surface area (Å²) in [6, 6.07) is 0. The Balaban J connectivity index is 2.27. The van der Waals surface area contributed by atoms with E-state index in [0.717, 1.165) is 6.42 Å². The number of methoxy groups -OCH3 is 1. The maximum absolute atomic E-state index is 12.6. The van der Waals surface area contributed by atoms with E-state index < -0.39 is 6.36 Å². The SMILES string of the molecule is COCC1CC(C)C(F)O1.